The van der Waals surface area contributed by atoms with Crippen LogP contribution in [0, 0.1) is 0 Å². The number of rotatable bonds is 8. The molecule has 0 aliphatic rings. The first-order valence-electron chi connectivity index (χ1n) is 7.28. The summed E-state index contributed by atoms with van der Waals surface area (Å²) in [5.74, 6) is 0. The molecule has 4 nitrogen and oxygen atoms in total. The van der Waals surface area contributed by atoms with E-state index in [0.29, 0.717) is 0 Å². The molecule has 4 heteroatoms. The molecule has 0 fully saturated rings. The first kappa shape index (κ1) is 14.8. The third-order valence-corrected chi connectivity index (χ3v) is 3.45. The summed E-state index contributed by atoms with van der Waals surface area (Å²) < 4.78 is 2.19. The molecule has 2 rings (SSSR count). The third-order valence-electron chi connectivity index (χ3n) is 3.45. The molecule has 0 spiro atoms. The molecule has 2 N–H and O–H groups in total. The smallest absolute Gasteiger partial charge is 0.0948 e. The van der Waals surface area contributed by atoms with Crippen molar-refractivity contribution >= 4 is 0 Å². The number of aryl methyl sites for hydroxylation is 1. The first-order valence-corrected chi connectivity index (χ1v) is 7.28. The van der Waals surface area contributed by atoms with Crippen molar-refractivity contribution in [3.8, 4) is 0 Å². The van der Waals surface area contributed by atoms with Crippen LogP contribution in [0.3, 0.4) is 0 Å². The van der Waals surface area contributed by atoms with Crippen LogP contribution in [0.5, 0.6) is 0 Å². The van der Waals surface area contributed by atoms with E-state index < -0.39 is 0 Å². The molecular weight excluding hydrogens is 248 g/mol. The predicted molar refractivity (Wildman–Crippen MR) is 82.1 cm³/mol. The van der Waals surface area contributed by atoms with Gasteiger partial charge in [-0.05, 0) is 25.5 Å². The highest BCUT2D eigenvalue weighted by Crippen LogP contribution is 2.10. The molecule has 0 aliphatic carbocycles. The van der Waals surface area contributed by atoms with Crippen molar-refractivity contribution in [2.75, 3.05) is 13.1 Å². The van der Waals surface area contributed by atoms with E-state index in [4.69, 9.17) is 5.73 Å². The number of nitrogens with two attached hydrogens (primary N) is 1. The lowest BCUT2D eigenvalue weighted by molar-refractivity contribution is 0.248. The summed E-state index contributed by atoms with van der Waals surface area (Å²) in [6.45, 7) is 6.73. The zero-order chi connectivity index (χ0) is 14.2. The summed E-state index contributed by atoms with van der Waals surface area (Å²) in [6, 6.07) is 10.6. The van der Waals surface area contributed by atoms with Crippen molar-refractivity contribution in [1.29, 1.82) is 0 Å². The van der Waals surface area contributed by atoms with Crippen LogP contribution in [-0.2, 0) is 19.6 Å². The minimum atomic E-state index is 0.734. The molecule has 0 bridgehead atoms. The lowest BCUT2D eigenvalue weighted by Gasteiger charge is -2.22. The Balaban J connectivity index is 2.03. The lowest BCUT2D eigenvalue weighted by Crippen LogP contribution is -2.26. The van der Waals surface area contributed by atoms with Crippen molar-refractivity contribution in [2.45, 2.75) is 33.0 Å². The molecule has 0 amide bonds. The number of hydrogen-bond acceptors (Lipinski definition) is 3. The SMILES string of the molecule is CCn1cncc1CN(CCCN)Cc1ccccc1. The average Bonchev–Trinajstić information content (AvgIpc) is 2.93. The maximum absolute atomic E-state index is 5.66. The normalized spacial score (nSPS) is 11.2. The van der Waals surface area contributed by atoms with Gasteiger partial charge in [0.2, 0.25) is 0 Å². The molecule has 1 aromatic carbocycles. The lowest BCUT2D eigenvalue weighted by atomic mass is 10.2. The van der Waals surface area contributed by atoms with Crippen molar-refractivity contribution in [3.63, 3.8) is 0 Å². The zero-order valence-electron chi connectivity index (χ0n) is 12.2. The quantitative estimate of drug-likeness (QED) is 0.802. The van der Waals surface area contributed by atoms with Gasteiger partial charge >= 0.3 is 0 Å². The summed E-state index contributed by atoms with van der Waals surface area (Å²) in [7, 11) is 0. The molecule has 0 saturated carbocycles. The van der Waals surface area contributed by atoms with E-state index in [0.717, 1.165) is 39.1 Å². The van der Waals surface area contributed by atoms with E-state index in [-0.39, 0.29) is 0 Å². The van der Waals surface area contributed by atoms with Gasteiger partial charge in [0.15, 0.2) is 0 Å². The van der Waals surface area contributed by atoms with Gasteiger partial charge in [-0.15, -0.1) is 0 Å². The second-order valence-electron chi connectivity index (χ2n) is 5.01. The Kier molecular flexibility index (Phi) is 5.77. The maximum Gasteiger partial charge on any atom is 0.0948 e. The highest BCUT2D eigenvalue weighted by atomic mass is 15.2. The van der Waals surface area contributed by atoms with Crippen molar-refractivity contribution < 1.29 is 0 Å². The number of imidazole rings is 1. The minimum absolute atomic E-state index is 0.734. The van der Waals surface area contributed by atoms with Gasteiger partial charge in [0.1, 0.15) is 0 Å². The van der Waals surface area contributed by atoms with E-state index in [9.17, 15) is 0 Å². The fourth-order valence-electron chi connectivity index (χ4n) is 2.36. The fraction of sp³-hybridized carbons (Fsp3) is 0.438. The second-order valence-corrected chi connectivity index (χ2v) is 5.01. The summed E-state index contributed by atoms with van der Waals surface area (Å²) in [4.78, 5) is 6.68. The molecule has 0 radical (unpaired) electrons. The van der Waals surface area contributed by atoms with Gasteiger partial charge < -0.3 is 10.3 Å². The van der Waals surface area contributed by atoms with E-state index >= 15 is 0 Å². The van der Waals surface area contributed by atoms with E-state index in [1.165, 1.54) is 11.3 Å². The number of hydrogen-bond donors (Lipinski definition) is 1. The highest BCUT2D eigenvalue weighted by molar-refractivity contribution is 5.14. The van der Waals surface area contributed by atoms with Crippen molar-refractivity contribution in [3.05, 3.63) is 54.1 Å². The summed E-state index contributed by atoms with van der Waals surface area (Å²) in [5, 5.41) is 0. The average molecular weight is 272 g/mol. The Hall–Kier alpha value is -1.65. The summed E-state index contributed by atoms with van der Waals surface area (Å²) >= 11 is 0. The third kappa shape index (κ3) is 4.18. The standard InChI is InChI=1S/C16H24N4/c1-2-20-14-18-11-16(20)13-19(10-6-9-17)12-15-7-4-3-5-8-15/h3-5,7-8,11,14H,2,6,9-10,12-13,17H2,1H3. The van der Waals surface area contributed by atoms with E-state index in [1.807, 2.05) is 12.5 Å². The molecule has 1 heterocycles. The minimum Gasteiger partial charge on any atom is -0.334 e. The number of aromatic nitrogens is 2. The van der Waals surface area contributed by atoms with Gasteiger partial charge in [0, 0.05) is 32.4 Å². The number of nitrogens with zero attached hydrogens (tertiary/aromatic N) is 3. The monoisotopic (exact) mass is 272 g/mol. The maximum atomic E-state index is 5.66. The summed E-state index contributed by atoms with van der Waals surface area (Å²) in [5.41, 5.74) is 8.26. The second kappa shape index (κ2) is 7.82. The Labute approximate surface area is 121 Å². The number of benzene rings is 1. The highest BCUT2D eigenvalue weighted by Gasteiger charge is 2.09. The van der Waals surface area contributed by atoms with Crippen LogP contribution in [-0.4, -0.2) is 27.5 Å². The Morgan fingerprint density at radius 3 is 2.70 bits per heavy atom. The van der Waals surface area contributed by atoms with Crippen LogP contribution in [0.4, 0.5) is 0 Å². The zero-order valence-corrected chi connectivity index (χ0v) is 12.2. The molecule has 1 aromatic heterocycles. The van der Waals surface area contributed by atoms with Crippen molar-refractivity contribution in [1.82, 2.24) is 14.5 Å². The van der Waals surface area contributed by atoms with Crippen molar-refractivity contribution in [2.24, 2.45) is 5.73 Å². The van der Waals surface area contributed by atoms with Gasteiger partial charge in [-0.1, -0.05) is 30.3 Å². The van der Waals surface area contributed by atoms with Gasteiger partial charge in [0.05, 0.1) is 12.0 Å². The van der Waals surface area contributed by atoms with Gasteiger partial charge in [0.25, 0.3) is 0 Å². The van der Waals surface area contributed by atoms with Gasteiger partial charge in [-0.2, -0.15) is 0 Å². The Morgan fingerprint density at radius 1 is 1.20 bits per heavy atom. The summed E-state index contributed by atoms with van der Waals surface area (Å²) in [6.07, 6.45) is 4.88. The molecule has 0 aliphatic heterocycles. The van der Waals surface area contributed by atoms with Gasteiger partial charge in [-0.25, -0.2) is 4.98 Å². The molecule has 2 aromatic rings. The molecule has 0 atom stereocenters. The van der Waals surface area contributed by atoms with Crippen LogP contribution in [0.2, 0.25) is 0 Å². The van der Waals surface area contributed by atoms with Gasteiger partial charge in [-0.3, -0.25) is 4.90 Å². The molecular formula is C16H24N4. The molecule has 108 valence electrons. The predicted octanol–water partition coefficient (Wildman–Crippen LogP) is 2.25. The van der Waals surface area contributed by atoms with Crippen LogP contribution in [0.15, 0.2) is 42.9 Å². The van der Waals surface area contributed by atoms with Crippen LogP contribution >= 0.6 is 0 Å². The largest absolute Gasteiger partial charge is 0.334 e. The van der Waals surface area contributed by atoms with E-state index in [2.05, 4.69) is 51.7 Å². The first-order chi connectivity index (χ1) is 9.83. The Morgan fingerprint density at radius 2 is 2.00 bits per heavy atom. The molecule has 0 saturated heterocycles. The topological polar surface area (TPSA) is 47.1 Å². The van der Waals surface area contributed by atoms with Crippen LogP contribution < -0.4 is 5.73 Å². The molecule has 20 heavy (non-hydrogen) atoms. The van der Waals surface area contributed by atoms with Crippen LogP contribution in [0.1, 0.15) is 24.6 Å². The fourth-order valence-corrected chi connectivity index (χ4v) is 2.36. The Bertz CT molecular complexity index is 492. The van der Waals surface area contributed by atoms with Crippen LogP contribution in [0.25, 0.3) is 0 Å². The van der Waals surface area contributed by atoms with E-state index in [1.54, 1.807) is 0 Å². The molecule has 0 unspecified atom stereocenters.